The fraction of sp³-hybridized carbons (Fsp3) is 0.188. The minimum Gasteiger partial charge on any atom is -0.477 e. The minimum atomic E-state index is -1.12. The smallest absolute Gasteiger partial charge is 0.354 e. The van der Waals surface area contributed by atoms with E-state index in [1.54, 1.807) is 0 Å². The molecular formula is C16H16N2O3. The van der Waals surface area contributed by atoms with Crippen LogP contribution in [0, 0.1) is 6.92 Å². The Morgan fingerprint density at radius 3 is 2.48 bits per heavy atom. The number of carboxylic acids is 1. The molecule has 1 aromatic carbocycles. The Labute approximate surface area is 122 Å². The van der Waals surface area contributed by atoms with Crippen LogP contribution in [0.4, 0.5) is 0 Å². The van der Waals surface area contributed by atoms with Gasteiger partial charge < -0.3 is 10.4 Å². The number of pyridine rings is 1. The summed E-state index contributed by atoms with van der Waals surface area (Å²) < 4.78 is 0. The summed E-state index contributed by atoms with van der Waals surface area (Å²) in [5, 5.41) is 11.7. The van der Waals surface area contributed by atoms with Gasteiger partial charge in [-0.2, -0.15) is 0 Å². The van der Waals surface area contributed by atoms with Crippen molar-refractivity contribution in [3.8, 4) is 0 Å². The number of aromatic nitrogens is 1. The van der Waals surface area contributed by atoms with E-state index in [0.29, 0.717) is 5.56 Å². The van der Waals surface area contributed by atoms with E-state index in [2.05, 4.69) is 10.3 Å². The van der Waals surface area contributed by atoms with Gasteiger partial charge >= 0.3 is 5.97 Å². The number of carbonyl (C=O) groups excluding carboxylic acids is 1. The van der Waals surface area contributed by atoms with Crippen molar-refractivity contribution in [1.29, 1.82) is 0 Å². The van der Waals surface area contributed by atoms with Crippen LogP contribution in [0.2, 0.25) is 0 Å². The summed E-state index contributed by atoms with van der Waals surface area (Å²) in [6, 6.07) is 10.5. The molecule has 2 aromatic rings. The first-order valence-corrected chi connectivity index (χ1v) is 6.55. The predicted octanol–water partition coefficient (Wildman–Crippen LogP) is 2.58. The quantitative estimate of drug-likeness (QED) is 0.904. The number of hydrogen-bond acceptors (Lipinski definition) is 3. The van der Waals surface area contributed by atoms with Crippen molar-refractivity contribution in [2.45, 2.75) is 19.9 Å². The second kappa shape index (κ2) is 6.17. The van der Waals surface area contributed by atoms with Crippen molar-refractivity contribution in [2.24, 2.45) is 0 Å². The SMILES string of the molecule is Cc1ccccc1C(C)NC(=O)c1ccc(C(=O)O)nc1. The molecule has 2 rings (SSSR count). The van der Waals surface area contributed by atoms with Gasteiger partial charge in [0.15, 0.2) is 0 Å². The van der Waals surface area contributed by atoms with Crippen LogP contribution in [0.15, 0.2) is 42.6 Å². The summed E-state index contributed by atoms with van der Waals surface area (Å²) in [6.45, 7) is 3.89. The van der Waals surface area contributed by atoms with Gasteiger partial charge in [0.05, 0.1) is 11.6 Å². The van der Waals surface area contributed by atoms with Gasteiger partial charge in [-0.05, 0) is 37.1 Å². The third-order valence-electron chi connectivity index (χ3n) is 3.25. The average molecular weight is 284 g/mol. The molecule has 0 fully saturated rings. The third-order valence-corrected chi connectivity index (χ3v) is 3.25. The van der Waals surface area contributed by atoms with Crippen molar-refractivity contribution in [1.82, 2.24) is 10.3 Å². The molecule has 0 aliphatic carbocycles. The highest BCUT2D eigenvalue weighted by Crippen LogP contribution is 2.17. The molecule has 0 spiro atoms. The van der Waals surface area contributed by atoms with Crippen molar-refractivity contribution in [3.05, 3.63) is 65.0 Å². The van der Waals surface area contributed by atoms with E-state index >= 15 is 0 Å². The predicted molar refractivity (Wildman–Crippen MR) is 78.3 cm³/mol. The summed E-state index contributed by atoms with van der Waals surface area (Å²) in [6.07, 6.45) is 1.27. The molecular weight excluding hydrogens is 268 g/mol. The lowest BCUT2D eigenvalue weighted by molar-refractivity contribution is 0.0689. The standard InChI is InChI=1S/C16H16N2O3/c1-10-5-3-4-6-13(10)11(2)18-15(19)12-7-8-14(16(20)21)17-9-12/h3-9,11H,1-2H3,(H,18,19)(H,20,21). The Balaban J connectivity index is 2.11. The van der Waals surface area contributed by atoms with Gasteiger partial charge in [0, 0.05) is 6.20 Å². The maximum absolute atomic E-state index is 12.1. The molecule has 21 heavy (non-hydrogen) atoms. The summed E-state index contributed by atoms with van der Waals surface area (Å²) in [4.78, 5) is 26.6. The summed E-state index contributed by atoms with van der Waals surface area (Å²) in [7, 11) is 0. The zero-order valence-corrected chi connectivity index (χ0v) is 11.8. The van der Waals surface area contributed by atoms with Crippen LogP contribution in [-0.4, -0.2) is 22.0 Å². The van der Waals surface area contributed by atoms with Crippen LogP contribution in [0.3, 0.4) is 0 Å². The number of benzene rings is 1. The molecule has 0 radical (unpaired) electrons. The molecule has 108 valence electrons. The molecule has 0 aliphatic rings. The number of aromatic carboxylic acids is 1. The number of carboxylic acid groups (broad SMARTS) is 1. The molecule has 5 heteroatoms. The first-order chi connectivity index (χ1) is 9.99. The number of rotatable bonds is 4. The lowest BCUT2D eigenvalue weighted by Gasteiger charge is -2.16. The Morgan fingerprint density at radius 2 is 1.90 bits per heavy atom. The highest BCUT2D eigenvalue weighted by Gasteiger charge is 2.14. The molecule has 0 bridgehead atoms. The number of nitrogens with one attached hydrogen (secondary N) is 1. The van der Waals surface area contributed by atoms with Gasteiger partial charge in [-0.25, -0.2) is 9.78 Å². The van der Waals surface area contributed by atoms with Gasteiger partial charge in [0.2, 0.25) is 0 Å². The maximum atomic E-state index is 12.1. The molecule has 1 heterocycles. The van der Waals surface area contributed by atoms with Gasteiger partial charge in [0.25, 0.3) is 5.91 Å². The molecule has 0 saturated carbocycles. The number of nitrogens with zero attached hydrogens (tertiary/aromatic N) is 1. The van der Waals surface area contributed by atoms with E-state index in [1.807, 2.05) is 38.1 Å². The van der Waals surface area contributed by atoms with E-state index in [9.17, 15) is 9.59 Å². The zero-order chi connectivity index (χ0) is 15.4. The molecule has 2 N–H and O–H groups in total. The molecule has 1 amide bonds. The number of aryl methyl sites for hydroxylation is 1. The number of hydrogen-bond donors (Lipinski definition) is 2. The van der Waals surface area contributed by atoms with Crippen LogP contribution in [-0.2, 0) is 0 Å². The summed E-state index contributed by atoms with van der Waals surface area (Å²) in [5.41, 5.74) is 2.39. The fourth-order valence-electron chi connectivity index (χ4n) is 2.09. The number of carbonyl (C=O) groups is 2. The third kappa shape index (κ3) is 3.45. The Hall–Kier alpha value is -2.69. The molecule has 1 unspecified atom stereocenters. The average Bonchev–Trinajstić information content (AvgIpc) is 2.47. The van der Waals surface area contributed by atoms with Gasteiger partial charge in [-0.15, -0.1) is 0 Å². The van der Waals surface area contributed by atoms with E-state index in [4.69, 9.17) is 5.11 Å². The summed E-state index contributed by atoms with van der Waals surface area (Å²) in [5.74, 6) is -1.40. The van der Waals surface area contributed by atoms with Crippen LogP contribution >= 0.6 is 0 Å². The monoisotopic (exact) mass is 284 g/mol. The Morgan fingerprint density at radius 1 is 1.19 bits per heavy atom. The highest BCUT2D eigenvalue weighted by atomic mass is 16.4. The van der Waals surface area contributed by atoms with Crippen molar-refractivity contribution in [2.75, 3.05) is 0 Å². The van der Waals surface area contributed by atoms with E-state index in [1.165, 1.54) is 18.3 Å². The van der Waals surface area contributed by atoms with Crippen molar-refractivity contribution in [3.63, 3.8) is 0 Å². The lowest BCUT2D eigenvalue weighted by Crippen LogP contribution is -2.27. The first-order valence-electron chi connectivity index (χ1n) is 6.55. The van der Waals surface area contributed by atoms with Gasteiger partial charge in [-0.3, -0.25) is 4.79 Å². The van der Waals surface area contributed by atoms with Gasteiger partial charge in [0.1, 0.15) is 5.69 Å². The van der Waals surface area contributed by atoms with Crippen LogP contribution in [0.25, 0.3) is 0 Å². The molecule has 1 atom stereocenters. The summed E-state index contributed by atoms with van der Waals surface area (Å²) >= 11 is 0. The van der Waals surface area contributed by atoms with Crippen LogP contribution in [0.5, 0.6) is 0 Å². The Kier molecular flexibility index (Phi) is 4.33. The van der Waals surface area contributed by atoms with E-state index in [0.717, 1.165) is 11.1 Å². The number of amides is 1. The van der Waals surface area contributed by atoms with Crippen molar-refractivity contribution >= 4 is 11.9 Å². The highest BCUT2D eigenvalue weighted by molar-refractivity contribution is 5.95. The van der Waals surface area contributed by atoms with Crippen LogP contribution < -0.4 is 5.32 Å². The second-order valence-corrected chi connectivity index (χ2v) is 4.79. The largest absolute Gasteiger partial charge is 0.477 e. The fourth-order valence-corrected chi connectivity index (χ4v) is 2.09. The lowest BCUT2D eigenvalue weighted by atomic mass is 10.0. The normalized spacial score (nSPS) is 11.7. The minimum absolute atomic E-state index is 0.0847. The molecule has 1 aromatic heterocycles. The molecule has 0 aliphatic heterocycles. The van der Waals surface area contributed by atoms with Crippen LogP contribution in [0.1, 0.15) is 44.9 Å². The van der Waals surface area contributed by atoms with E-state index in [-0.39, 0.29) is 17.6 Å². The first kappa shape index (κ1) is 14.7. The zero-order valence-electron chi connectivity index (χ0n) is 11.8. The van der Waals surface area contributed by atoms with E-state index < -0.39 is 5.97 Å². The van der Waals surface area contributed by atoms with Gasteiger partial charge in [-0.1, -0.05) is 24.3 Å². The van der Waals surface area contributed by atoms with Crippen molar-refractivity contribution < 1.29 is 14.7 Å². The molecule has 5 nitrogen and oxygen atoms in total. The second-order valence-electron chi connectivity index (χ2n) is 4.79. The maximum Gasteiger partial charge on any atom is 0.354 e. The topological polar surface area (TPSA) is 79.3 Å². The Bertz CT molecular complexity index is 665. The molecule has 0 saturated heterocycles.